The highest BCUT2D eigenvalue weighted by Gasteiger charge is 2.29. The molecule has 0 aromatic rings. The highest BCUT2D eigenvalue weighted by molar-refractivity contribution is 5.96. The molecule has 4 N–H and O–H groups in total. The Morgan fingerprint density at radius 1 is 1.29 bits per heavy atom. The number of carbonyl (C=O) groups is 2. The zero-order valence-electron chi connectivity index (χ0n) is 10.8. The summed E-state index contributed by atoms with van der Waals surface area (Å²) in [7, 11) is 0. The number of carbonyl (C=O) groups excluding carboxylic acids is 2. The summed E-state index contributed by atoms with van der Waals surface area (Å²) in [5.41, 5.74) is 4.92. The Morgan fingerprint density at radius 3 is 2.53 bits per heavy atom. The maximum Gasteiger partial charge on any atom is 0.318 e. The van der Waals surface area contributed by atoms with Crippen molar-refractivity contribution in [2.45, 2.75) is 52.1 Å². The quantitative estimate of drug-likeness (QED) is 0.688. The predicted octanol–water partition coefficient (Wildman–Crippen LogP) is 0.984. The largest absolute Gasteiger partial charge is 0.351 e. The van der Waals surface area contributed by atoms with Gasteiger partial charge in [0.25, 0.3) is 0 Å². The normalized spacial score (nSPS) is 30.6. The van der Waals surface area contributed by atoms with E-state index in [2.05, 4.69) is 24.5 Å². The number of amides is 3. The van der Waals surface area contributed by atoms with Crippen LogP contribution in [0.5, 0.6) is 0 Å². The van der Waals surface area contributed by atoms with Crippen LogP contribution in [0.25, 0.3) is 0 Å². The van der Waals surface area contributed by atoms with Crippen LogP contribution in [0.3, 0.4) is 0 Å². The van der Waals surface area contributed by atoms with Crippen molar-refractivity contribution in [1.82, 2.24) is 10.6 Å². The van der Waals surface area contributed by atoms with Crippen LogP contribution in [0.4, 0.5) is 4.79 Å². The minimum Gasteiger partial charge on any atom is -0.351 e. The summed E-state index contributed by atoms with van der Waals surface area (Å²) in [6.07, 6.45) is 3.52. The summed E-state index contributed by atoms with van der Waals surface area (Å²) in [6.45, 7) is 6.21. The van der Waals surface area contributed by atoms with Gasteiger partial charge in [-0.3, -0.25) is 10.1 Å². The van der Waals surface area contributed by atoms with Crippen LogP contribution >= 0.6 is 0 Å². The Kier molecular flexibility index (Phi) is 4.93. The molecule has 0 aromatic heterocycles. The number of nitrogens with two attached hydrogens (primary N) is 1. The maximum atomic E-state index is 11.5. The third-order valence-electron chi connectivity index (χ3n) is 3.81. The number of rotatable bonds is 3. The second-order valence-corrected chi connectivity index (χ2v) is 5.12. The number of urea groups is 1. The molecule has 0 unspecified atom stereocenters. The molecule has 3 amide bonds. The Labute approximate surface area is 103 Å². The van der Waals surface area contributed by atoms with E-state index in [1.165, 1.54) is 12.8 Å². The van der Waals surface area contributed by atoms with E-state index in [4.69, 9.17) is 5.73 Å². The first kappa shape index (κ1) is 14.0. The van der Waals surface area contributed by atoms with E-state index in [0.717, 1.165) is 6.42 Å². The van der Waals surface area contributed by atoms with Gasteiger partial charge in [0.2, 0.25) is 5.91 Å². The lowest BCUT2D eigenvalue weighted by Crippen LogP contribution is -2.52. The van der Waals surface area contributed by atoms with Gasteiger partial charge >= 0.3 is 6.03 Å². The second-order valence-electron chi connectivity index (χ2n) is 5.12. The van der Waals surface area contributed by atoms with Gasteiger partial charge in [0.1, 0.15) is 0 Å². The molecule has 0 bridgehead atoms. The van der Waals surface area contributed by atoms with Crippen LogP contribution < -0.4 is 16.4 Å². The standard InChI is InChI=1S/C12H23N3O2/c1-7-5-4-6-10(8(7)2)14-9(3)11(16)15-12(13)17/h7-10,14H,4-6H2,1-3H3,(H3,13,15,16,17)/t7-,8+,9-,10-/m0/s1. The Hall–Kier alpha value is -1.10. The van der Waals surface area contributed by atoms with Gasteiger partial charge in [-0.25, -0.2) is 4.79 Å². The fourth-order valence-corrected chi connectivity index (χ4v) is 2.44. The van der Waals surface area contributed by atoms with Crippen molar-refractivity contribution in [3.63, 3.8) is 0 Å². The third kappa shape index (κ3) is 4.00. The van der Waals surface area contributed by atoms with E-state index in [1.807, 2.05) is 0 Å². The van der Waals surface area contributed by atoms with E-state index in [-0.39, 0.29) is 11.9 Å². The van der Waals surface area contributed by atoms with Crippen molar-refractivity contribution in [2.24, 2.45) is 17.6 Å². The number of hydrogen-bond donors (Lipinski definition) is 3. The summed E-state index contributed by atoms with van der Waals surface area (Å²) < 4.78 is 0. The van der Waals surface area contributed by atoms with Crippen LogP contribution in [-0.4, -0.2) is 24.0 Å². The molecule has 0 spiro atoms. The molecular formula is C12H23N3O2. The molecule has 1 aliphatic carbocycles. The van der Waals surface area contributed by atoms with Gasteiger partial charge < -0.3 is 11.1 Å². The maximum absolute atomic E-state index is 11.5. The van der Waals surface area contributed by atoms with Crippen molar-refractivity contribution < 1.29 is 9.59 Å². The average Bonchev–Trinajstić information content (AvgIpc) is 2.23. The molecule has 98 valence electrons. The van der Waals surface area contributed by atoms with Crippen molar-refractivity contribution >= 4 is 11.9 Å². The Morgan fingerprint density at radius 2 is 1.94 bits per heavy atom. The molecule has 17 heavy (non-hydrogen) atoms. The Bertz CT molecular complexity index is 293. The van der Waals surface area contributed by atoms with Crippen molar-refractivity contribution in [2.75, 3.05) is 0 Å². The molecule has 0 aliphatic heterocycles. The van der Waals surface area contributed by atoms with Gasteiger partial charge in [0.05, 0.1) is 6.04 Å². The molecule has 1 saturated carbocycles. The second kappa shape index (κ2) is 6.00. The van der Waals surface area contributed by atoms with Gasteiger partial charge in [0.15, 0.2) is 0 Å². The van der Waals surface area contributed by atoms with Crippen molar-refractivity contribution in [3.8, 4) is 0 Å². The monoisotopic (exact) mass is 241 g/mol. The van der Waals surface area contributed by atoms with Gasteiger partial charge in [0, 0.05) is 6.04 Å². The topological polar surface area (TPSA) is 84.2 Å². The van der Waals surface area contributed by atoms with Crippen LogP contribution in [0, 0.1) is 11.8 Å². The third-order valence-corrected chi connectivity index (χ3v) is 3.81. The van der Waals surface area contributed by atoms with Crippen LogP contribution in [0.2, 0.25) is 0 Å². The molecule has 1 fully saturated rings. The molecule has 0 radical (unpaired) electrons. The molecule has 5 nitrogen and oxygen atoms in total. The van der Waals surface area contributed by atoms with E-state index in [1.54, 1.807) is 6.92 Å². The van der Waals surface area contributed by atoms with Gasteiger partial charge in [-0.2, -0.15) is 0 Å². The Balaban J connectivity index is 2.47. The smallest absolute Gasteiger partial charge is 0.318 e. The summed E-state index contributed by atoms with van der Waals surface area (Å²) >= 11 is 0. The first-order valence-corrected chi connectivity index (χ1v) is 6.28. The fourth-order valence-electron chi connectivity index (χ4n) is 2.44. The van der Waals surface area contributed by atoms with E-state index in [0.29, 0.717) is 17.9 Å². The minimum atomic E-state index is -0.797. The summed E-state index contributed by atoms with van der Waals surface area (Å²) in [4.78, 5) is 22.1. The lowest BCUT2D eigenvalue weighted by Gasteiger charge is -2.36. The molecule has 1 aliphatic rings. The predicted molar refractivity (Wildman–Crippen MR) is 66.3 cm³/mol. The number of hydrogen-bond acceptors (Lipinski definition) is 3. The molecule has 0 heterocycles. The molecule has 0 aromatic carbocycles. The molecule has 1 rings (SSSR count). The average molecular weight is 241 g/mol. The molecule has 0 saturated heterocycles. The lowest BCUT2D eigenvalue weighted by atomic mass is 9.78. The van der Waals surface area contributed by atoms with Crippen molar-refractivity contribution in [1.29, 1.82) is 0 Å². The first-order chi connectivity index (χ1) is 7.91. The minimum absolute atomic E-state index is 0.340. The molecule has 5 heteroatoms. The number of nitrogens with one attached hydrogen (secondary N) is 2. The molecule has 4 atom stereocenters. The van der Waals surface area contributed by atoms with E-state index < -0.39 is 6.03 Å². The van der Waals surface area contributed by atoms with Gasteiger partial charge in [-0.1, -0.05) is 26.7 Å². The van der Waals surface area contributed by atoms with Gasteiger partial charge in [-0.05, 0) is 25.2 Å². The summed E-state index contributed by atoms with van der Waals surface area (Å²) in [5.74, 6) is 0.864. The zero-order chi connectivity index (χ0) is 13.0. The van der Waals surface area contributed by atoms with Gasteiger partial charge in [-0.15, -0.1) is 0 Å². The van der Waals surface area contributed by atoms with E-state index in [9.17, 15) is 9.59 Å². The molecular weight excluding hydrogens is 218 g/mol. The van der Waals surface area contributed by atoms with Crippen molar-refractivity contribution in [3.05, 3.63) is 0 Å². The number of primary amides is 1. The number of imide groups is 1. The first-order valence-electron chi connectivity index (χ1n) is 6.28. The summed E-state index contributed by atoms with van der Waals surface area (Å²) in [5, 5.41) is 5.38. The van der Waals surface area contributed by atoms with Crippen LogP contribution in [-0.2, 0) is 4.79 Å². The van der Waals surface area contributed by atoms with E-state index >= 15 is 0 Å². The highest BCUT2D eigenvalue weighted by atomic mass is 16.2. The van der Waals surface area contributed by atoms with Crippen LogP contribution in [0.1, 0.15) is 40.0 Å². The lowest BCUT2D eigenvalue weighted by molar-refractivity contribution is -0.122. The fraction of sp³-hybridized carbons (Fsp3) is 0.833. The summed E-state index contributed by atoms with van der Waals surface area (Å²) in [6, 6.07) is -0.846. The highest BCUT2D eigenvalue weighted by Crippen LogP contribution is 2.29. The zero-order valence-corrected chi connectivity index (χ0v) is 10.8. The SMILES string of the molecule is C[C@H]1[C@@H](N[C@@H](C)C(=O)NC(N)=O)CCC[C@@H]1C. The van der Waals surface area contributed by atoms with Crippen LogP contribution in [0.15, 0.2) is 0 Å².